The Balaban J connectivity index is 1.67. The van der Waals surface area contributed by atoms with Gasteiger partial charge in [0.2, 0.25) is 0 Å². The summed E-state index contributed by atoms with van der Waals surface area (Å²) in [5.74, 6) is 0.997. The lowest BCUT2D eigenvalue weighted by atomic mass is 10.2. The van der Waals surface area contributed by atoms with Crippen LogP contribution in [-0.2, 0) is 24.4 Å². The van der Waals surface area contributed by atoms with Crippen molar-refractivity contribution in [3.63, 3.8) is 0 Å². The van der Waals surface area contributed by atoms with Crippen LogP contribution in [0, 0.1) is 0 Å². The van der Waals surface area contributed by atoms with Crippen molar-refractivity contribution in [2.45, 2.75) is 43.7 Å². The lowest BCUT2D eigenvalue weighted by molar-refractivity contribution is 0.0934. The van der Waals surface area contributed by atoms with Crippen molar-refractivity contribution >= 4 is 11.8 Å². The summed E-state index contributed by atoms with van der Waals surface area (Å²) in [5.41, 5.74) is 1.20. The normalized spacial score (nSPS) is 18.0. The Kier molecular flexibility index (Phi) is 5.64. The highest BCUT2D eigenvalue weighted by Crippen LogP contribution is 2.20. The van der Waals surface area contributed by atoms with E-state index in [9.17, 15) is 0 Å². The zero-order chi connectivity index (χ0) is 16.1. The standard InChI is InChI=1S/C16H23N5OS/c1-20(10-13-5-3-7-17-9-13)12-15-18-19-16(23-2)21(15)11-14-6-4-8-22-14/h3,5,7,9,14H,4,6,8,10-12H2,1-2H3/t14-/m1/s1. The molecule has 1 aliphatic rings. The van der Waals surface area contributed by atoms with Crippen molar-refractivity contribution in [2.24, 2.45) is 0 Å². The molecule has 0 N–H and O–H groups in total. The Bertz CT molecular complexity index is 612. The molecule has 1 aliphatic heterocycles. The number of thioether (sulfide) groups is 1. The van der Waals surface area contributed by atoms with Gasteiger partial charge in [-0.3, -0.25) is 9.88 Å². The van der Waals surface area contributed by atoms with Crippen LogP contribution in [0.1, 0.15) is 24.2 Å². The van der Waals surface area contributed by atoms with Gasteiger partial charge in [-0.1, -0.05) is 17.8 Å². The Morgan fingerprint density at radius 1 is 1.39 bits per heavy atom. The molecule has 0 aliphatic carbocycles. The number of pyridine rings is 1. The van der Waals surface area contributed by atoms with Gasteiger partial charge in [0.15, 0.2) is 5.16 Å². The smallest absolute Gasteiger partial charge is 0.191 e. The molecular weight excluding hydrogens is 310 g/mol. The molecule has 2 aromatic rings. The molecule has 3 heterocycles. The predicted molar refractivity (Wildman–Crippen MR) is 90.2 cm³/mol. The second kappa shape index (κ2) is 7.90. The van der Waals surface area contributed by atoms with Gasteiger partial charge in [-0.15, -0.1) is 10.2 Å². The third kappa shape index (κ3) is 4.31. The van der Waals surface area contributed by atoms with E-state index in [1.807, 2.05) is 18.5 Å². The molecule has 0 unspecified atom stereocenters. The summed E-state index contributed by atoms with van der Waals surface area (Å²) >= 11 is 1.64. The highest BCUT2D eigenvalue weighted by atomic mass is 32.2. The van der Waals surface area contributed by atoms with Crippen LogP contribution in [-0.4, -0.2) is 50.7 Å². The van der Waals surface area contributed by atoms with Crippen LogP contribution in [0.2, 0.25) is 0 Å². The van der Waals surface area contributed by atoms with Crippen LogP contribution in [0.5, 0.6) is 0 Å². The molecular formula is C16H23N5OS. The Hall–Kier alpha value is -1.44. The Labute approximate surface area is 141 Å². The third-order valence-electron chi connectivity index (χ3n) is 3.97. The fourth-order valence-corrected chi connectivity index (χ4v) is 3.39. The highest BCUT2D eigenvalue weighted by Gasteiger charge is 2.21. The first kappa shape index (κ1) is 16.4. The summed E-state index contributed by atoms with van der Waals surface area (Å²) in [6, 6.07) is 4.06. The summed E-state index contributed by atoms with van der Waals surface area (Å²) in [7, 11) is 2.09. The fourth-order valence-electron chi connectivity index (χ4n) is 2.86. The van der Waals surface area contributed by atoms with E-state index in [-0.39, 0.29) is 0 Å². The maximum Gasteiger partial charge on any atom is 0.191 e. The van der Waals surface area contributed by atoms with Crippen LogP contribution in [0.15, 0.2) is 29.7 Å². The van der Waals surface area contributed by atoms with E-state index in [2.05, 4.69) is 37.8 Å². The van der Waals surface area contributed by atoms with Crippen molar-refractivity contribution < 1.29 is 4.74 Å². The minimum atomic E-state index is 0.291. The molecule has 1 fully saturated rings. The monoisotopic (exact) mass is 333 g/mol. The summed E-state index contributed by atoms with van der Waals surface area (Å²) < 4.78 is 7.98. The van der Waals surface area contributed by atoms with Gasteiger partial charge >= 0.3 is 0 Å². The predicted octanol–water partition coefficient (Wildman–Crippen LogP) is 2.21. The van der Waals surface area contributed by atoms with Crippen molar-refractivity contribution in [3.05, 3.63) is 35.9 Å². The van der Waals surface area contributed by atoms with E-state index in [4.69, 9.17) is 4.74 Å². The average Bonchev–Trinajstić information content (AvgIpc) is 3.19. The molecule has 124 valence electrons. The van der Waals surface area contributed by atoms with Crippen LogP contribution >= 0.6 is 11.8 Å². The minimum Gasteiger partial charge on any atom is -0.376 e. The van der Waals surface area contributed by atoms with Crippen molar-refractivity contribution in [1.82, 2.24) is 24.6 Å². The molecule has 1 atom stereocenters. The summed E-state index contributed by atoms with van der Waals surface area (Å²) in [5, 5.41) is 9.67. The molecule has 7 heteroatoms. The Morgan fingerprint density at radius 2 is 2.30 bits per heavy atom. The molecule has 6 nitrogen and oxygen atoms in total. The largest absolute Gasteiger partial charge is 0.376 e. The summed E-state index contributed by atoms with van der Waals surface area (Å²) in [4.78, 5) is 6.40. The van der Waals surface area contributed by atoms with Gasteiger partial charge in [-0.2, -0.15) is 0 Å². The molecule has 0 bridgehead atoms. The lowest BCUT2D eigenvalue weighted by Gasteiger charge is -2.18. The van der Waals surface area contributed by atoms with Crippen molar-refractivity contribution in [1.29, 1.82) is 0 Å². The zero-order valence-electron chi connectivity index (χ0n) is 13.7. The molecule has 0 radical (unpaired) electrons. The maximum atomic E-state index is 5.77. The average molecular weight is 333 g/mol. The second-order valence-electron chi connectivity index (χ2n) is 5.88. The number of ether oxygens (including phenoxy) is 1. The van der Waals surface area contributed by atoms with Gasteiger partial charge in [-0.05, 0) is 37.8 Å². The second-order valence-corrected chi connectivity index (χ2v) is 6.66. The first-order valence-electron chi connectivity index (χ1n) is 7.91. The van der Waals surface area contributed by atoms with Crippen LogP contribution in [0.25, 0.3) is 0 Å². The van der Waals surface area contributed by atoms with Gasteiger partial charge in [0.05, 0.1) is 19.2 Å². The van der Waals surface area contributed by atoms with Crippen molar-refractivity contribution in [2.75, 3.05) is 19.9 Å². The van der Waals surface area contributed by atoms with Gasteiger partial charge in [0.25, 0.3) is 0 Å². The number of nitrogens with zero attached hydrogens (tertiary/aromatic N) is 5. The molecule has 0 amide bonds. The first-order valence-corrected chi connectivity index (χ1v) is 9.14. The molecule has 23 heavy (non-hydrogen) atoms. The maximum absolute atomic E-state index is 5.77. The number of hydrogen-bond acceptors (Lipinski definition) is 6. The molecule has 0 saturated carbocycles. The van der Waals surface area contributed by atoms with E-state index < -0.39 is 0 Å². The van der Waals surface area contributed by atoms with E-state index in [1.165, 1.54) is 5.56 Å². The van der Waals surface area contributed by atoms with E-state index >= 15 is 0 Å². The van der Waals surface area contributed by atoms with E-state index in [0.717, 1.165) is 50.1 Å². The minimum absolute atomic E-state index is 0.291. The molecule has 1 saturated heterocycles. The van der Waals surface area contributed by atoms with Gasteiger partial charge in [-0.25, -0.2) is 0 Å². The number of aromatic nitrogens is 4. The van der Waals surface area contributed by atoms with Gasteiger partial charge in [0, 0.05) is 25.5 Å². The van der Waals surface area contributed by atoms with Crippen molar-refractivity contribution in [3.8, 4) is 0 Å². The number of rotatable bonds is 7. The van der Waals surface area contributed by atoms with Crippen LogP contribution < -0.4 is 0 Å². The summed E-state index contributed by atoms with van der Waals surface area (Å²) in [6.07, 6.45) is 8.31. The molecule has 2 aromatic heterocycles. The first-order chi connectivity index (χ1) is 11.3. The van der Waals surface area contributed by atoms with E-state index in [1.54, 1.807) is 18.0 Å². The zero-order valence-corrected chi connectivity index (χ0v) is 14.5. The van der Waals surface area contributed by atoms with Crippen LogP contribution in [0.3, 0.4) is 0 Å². The molecule has 3 rings (SSSR count). The molecule has 0 aromatic carbocycles. The third-order valence-corrected chi connectivity index (χ3v) is 4.64. The quantitative estimate of drug-likeness (QED) is 0.724. The lowest BCUT2D eigenvalue weighted by Crippen LogP contribution is -2.23. The van der Waals surface area contributed by atoms with Gasteiger partial charge in [0.1, 0.15) is 5.82 Å². The highest BCUT2D eigenvalue weighted by molar-refractivity contribution is 7.98. The number of hydrogen-bond donors (Lipinski definition) is 0. The Morgan fingerprint density at radius 3 is 3.00 bits per heavy atom. The summed E-state index contributed by atoms with van der Waals surface area (Å²) in [6.45, 7) is 3.32. The van der Waals surface area contributed by atoms with E-state index in [0.29, 0.717) is 6.10 Å². The van der Waals surface area contributed by atoms with Crippen LogP contribution in [0.4, 0.5) is 0 Å². The topological polar surface area (TPSA) is 56.1 Å². The SMILES string of the molecule is CSc1nnc(CN(C)Cc2cccnc2)n1C[C@H]1CCCO1. The van der Waals surface area contributed by atoms with Gasteiger partial charge < -0.3 is 9.30 Å². The fraction of sp³-hybridized carbons (Fsp3) is 0.562. The molecule has 0 spiro atoms.